The smallest absolute Gasteiger partial charge is 0.303 e. The Hall–Kier alpha value is -3.99. The molecule has 0 saturated heterocycles. The lowest BCUT2D eigenvalue weighted by Crippen LogP contribution is -2.40. The number of carboxylic acids is 1. The van der Waals surface area contributed by atoms with Gasteiger partial charge >= 0.3 is 5.97 Å². The summed E-state index contributed by atoms with van der Waals surface area (Å²) in [7, 11) is 0. The van der Waals surface area contributed by atoms with Crippen molar-refractivity contribution in [3.63, 3.8) is 0 Å². The first-order valence-electron chi connectivity index (χ1n) is 13.8. The van der Waals surface area contributed by atoms with E-state index < -0.39 is 5.97 Å². The molecule has 1 heterocycles. The van der Waals surface area contributed by atoms with E-state index >= 15 is 0 Å². The highest BCUT2D eigenvalue weighted by molar-refractivity contribution is 6.38. The molecule has 1 aliphatic rings. The van der Waals surface area contributed by atoms with Crippen molar-refractivity contribution >= 4 is 60.9 Å². The molecule has 1 aliphatic heterocycles. The largest absolute Gasteiger partial charge is 0.481 e. The number of hydrogen-bond acceptors (Lipinski definition) is 3. The van der Waals surface area contributed by atoms with Gasteiger partial charge in [0.2, 0.25) is 0 Å². The Morgan fingerprint density at radius 1 is 0.579 bits per heavy atom. The van der Waals surface area contributed by atoms with Crippen molar-refractivity contribution in [2.24, 2.45) is 0 Å². The van der Waals surface area contributed by atoms with Crippen LogP contribution in [-0.4, -0.2) is 34.3 Å². The van der Waals surface area contributed by atoms with E-state index in [0.29, 0.717) is 17.7 Å². The monoisotopic (exact) mass is 505 g/mol. The molecule has 0 unspecified atom stereocenters. The molecule has 5 heteroatoms. The summed E-state index contributed by atoms with van der Waals surface area (Å²) in [6, 6.07) is 20.6. The fraction of sp³-hybridized carbons (Fsp3) is 0.303. The summed E-state index contributed by atoms with van der Waals surface area (Å²) in [6.45, 7) is 0.433. The lowest BCUT2D eigenvalue weighted by atomic mass is 9.85. The fourth-order valence-electron chi connectivity index (χ4n) is 6.28. The number of nitrogens with zero attached hydrogens (tertiary/aromatic N) is 1. The lowest BCUT2D eigenvalue weighted by Gasteiger charge is -2.28. The molecule has 0 fully saturated rings. The molecule has 192 valence electrons. The first kappa shape index (κ1) is 24.4. The van der Waals surface area contributed by atoms with E-state index in [9.17, 15) is 14.4 Å². The van der Waals surface area contributed by atoms with Gasteiger partial charge in [0.15, 0.2) is 0 Å². The van der Waals surface area contributed by atoms with Crippen LogP contribution < -0.4 is 0 Å². The van der Waals surface area contributed by atoms with Crippen LogP contribution in [0.5, 0.6) is 0 Å². The Labute approximate surface area is 221 Å². The Balaban J connectivity index is 1.21. The van der Waals surface area contributed by atoms with Gasteiger partial charge in [-0.05, 0) is 62.7 Å². The topological polar surface area (TPSA) is 74.7 Å². The molecule has 5 aromatic rings. The zero-order chi connectivity index (χ0) is 26.2. The number of amides is 2. The fourth-order valence-corrected chi connectivity index (χ4v) is 6.28. The Kier molecular flexibility index (Phi) is 6.44. The van der Waals surface area contributed by atoms with E-state index in [2.05, 4.69) is 48.5 Å². The molecule has 0 bridgehead atoms. The minimum atomic E-state index is -0.724. The summed E-state index contributed by atoms with van der Waals surface area (Å²) in [4.78, 5) is 39.1. The number of carboxylic acid groups (broad SMARTS) is 1. The predicted octanol–water partition coefficient (Wildman–Crippen LogP) is 7.93. The van der Waals surface area contributed by atoms with E-state index in [1.165, 1.54) is 15.7 Å². The van der Waals surface area contributed by atoms with Gasteiger partial charge in [0, 0.05) is 29.5 Å². The highest BCUT2D eigenvalue weighted by Gasteiger charge is 2.33. The van der Waals surface area contributed by atoms with Crippen LogP contribution in [0.3, 0.4) is 0 Å². The van der Waals surface area contributed by atoms with E-state index in [0.717, 1.165) is 83.7 Å². The van der Waals surface area contributed by atoms with Crippen molar-refractivity contribution < 1.29 is 19.5 Å². The highest BCUT2D eigenvalue weighted by atomic mass is 16.4. The van der Waals surface area contributed by atoms with Gasteiger partial charge in [-0.2, -0.15) is 0 Å². The van der Waals surface area contributed by atoms with Crippen LogP contribution in [0.25, 0.3) is 43.1 Å². The van der Waals surface area contributed by atoms with Gasteiger partial charge in [-0.1, -0.05) is 87.1 Å². The third kappa shape index (κ3) is 4.07. The first-order valence-corrected chi connectivity index (χ1v) is 13.8. The zero-order valence-corrected chi connectivity index (χ0v) is 21.5. The van der Waals surface area contributed by atoms with Crippen molar-refractivity contribution in [1.29, 1.82) is 0 Å². The molecule has 5 nitrogen and oxygen atoms in total. The van der Waals surface area contributed by atoms with Gasteiger partial charge < -0.3 is 5.11 Å². The van der Waals surface area contributed by atoms with Crippen LogP contribution in [-0.2, 0) is 4.79 Å². The number of rotatable bonds is 11. The molecule has 38 heavy (non-hydrogen) atoms. The highest BCUT2D eigenvalue weighted by Crippen LogP contribution is 2.43. The maximum atomic E-state index is 13.6. The Morgan fingerprint density at radius 2 is 1.08 bits per heavy atom. The number of carbonyl (C=O) groups excluding carboxylic acids is 2. The second-order valence-electron chi connectivity index (χ2n) is 10.5. The van der Waals surface area contributed by atoms with Crippen LogP contribution in [0, 0.1) is 0 Å². The quantitative estimate of drug-likeness (QED) is 0.0856. The minimum Gasteiger partial charge on any atom is -0.481 e. The molecular formula is C33H31NO4. The third-order valence-corrected chi connectivity index (χ3v) is 8.12. The van der Waals surface area contributed by atoms with Crippen molar-refractivity contribution in [1.82, 2.24) is 4.90 Å². The van der Waals surface area contributed by atoms with Crippen LogP contribution in [0.2, 0.25) is 0 Å². The third-order valence-electron chi connectivity index (χ3n) is 8.12. The van der Waals surface area contributed by atoms with Gasteiger partial charge in [0.05, 0.1) is 0 Å². The van der Waals surface area contributed by atoms with E-state index in [-0.39, 0.29) is 18.2 Å². The van der Waals surface area contributed by atoms with Gasteiger partial charge in [-0.3, -0.25) is 19.3 Å². The summed E-state index contributed by atoms with van der Waals surface area (Å²) in [5.41, 5.74) is 1.24. The minimum absolute atomic E-state index is 0.193. The first-order chi connectivity index (χ1) is 18.6. The van der Waals surface area contributed by atoms with Gasteiger partial charge in [-0.25, -0.2) is 0 Å². The second kappa shape index (κ2) is 10.1. The predicted molar refractivity (Wildman–Crippen MR) is 152 cm³/mol. The number of unbranched alkanes of at least 4 members (excludes halogenated alkanes) is 7. The summed E-state index contributed by atoms with van der Waals surface area (Å²) in [5, 5.41) is 17.4. The lowest BCUT2D eigenvalue weighted by molar-refractivity contribution is -0.137. The van der Waals surface area contributed by atoms with Gasteiger partial charge in [0.25, 0.3) is 11.8 Å². The maximum absolute atomic E-state index is 13.6. The van der Waals surface area contributed by atoms with Gasteiger partial charge in [-0.15, -0.1) is 0 Å². The van der Waals surface area contributed by atoms with E-state index in [1.54, 1.807) is 0 Å². The molecule has 1 N–H and O–H groups in total. The number of carbonyl (C=O) groups is 3. The second-order valence-corrected chi connectivity index (χ2v) is 10.5. The van der Waals surface area contributed by atoms with Crippen molar-refractivity contribution in [2.75, 3.05) is 6.54 Å². The maximum Gasteiger partial charge on any atom is 0.303 e. The number of fused-ring (bicyclic) bond motifs is 2. The number of hydrogen-bond donors (Lipinski definition) is 1. The normalized spacial score (nSPS) is 13.5. The zero-order valence-electron chi connectivity index (χ0n) is 21.5. The van der Waals surface area contributed by atoms with Crippen LogP contribution in [0.4, 0.5) is 0 Å². The van der Waals surface area contributed by atoms with Crippen LogP contribution in [0.15, 0.2) is 60.7 Å². The molecule has 5 aromatic carbocycles. The molecule has 0 saturated carbocycles. The average Bonchev–Trinajstić information content (AvgIpc) is 2.92. The van der Waals surface area contributed by atoms with E-state index in [4.69, 9.17) is 5.11 Å². The summed E-state index contributed by atoms with van der Waals surface area (Å²) in [5.74, 6) is -1.11. The average molecular weight is 506 g/mol. The van der Waals surface area contributed by atoms with Crippen LogP contribution >= 0.6 is 0 Å². The van der Waals surface area contributed by atoms with Crippen LogP contribution in [0.1, 0.15) is 78.5 Å². The SMILES string of the molecule is O=C(O)CCCCCCCCCCN1C(=O)c2ccc3c4cccc5cccc(c6ccc(c2c36)C1=O)c54. The summed E-state index contributed by atoms with van der Waals surface area (Å²) in [6.07, 6.45) is 8.01. The molecule has 0 spiro atoms. The molecular weight excluding hydrogens is 474 g/mol. The van der Waals surface area contributed by atoms with E-state index in [1.807, 2.05) is 12.1 Å². The van der Waals surface area contributed by atoms with Crippen molar-refractivity contribution in [2.45, 2.75) is 57.8 Å². The Morgan fingerprint density at radius 3 is 1.63 bits per heavy atom. The van der Waals surface area contributed by atoms with Crippen molar-refractivity contribution in [3.05, 3.63) is 71.8 Å². The molecule has 0 aromatic heterocycles. The van der Waals surface area contributed by atoms with Crippen molar-refractivity contribution in [3.8, 4) is 0 Å². The molecule has 0 atom stereocenters. The van der Waals surface area contributed by atoms with Gasteiger partial charge in [0.1, 0.15) is 0 Å². The number of imide groups is 1. The molecule has 2 amide bonds. The number of aliphatic carboxylic acids is 1. The summed E-state index contributed by atoms with van der Waals surface area (Å²) >= 11 is 0. The Bertz CT molecular complexity index is 1600. The molecule has 0 radical (unpaired) electrons. The standard InChI is InChI=1S/C33H31NO4/c35-28(36)15-7-5-3-1-2-4-6-8-20-34-32(37)26-18-16-24-22-13-9-11-21-12-10-14-23(29(21)22)25-17-19-27(33(34)38)31(26)30(24)25/h9-14,16-19H,1-8,15,20H2,(H,35,36). The number of benzene rings is 5. The molecule has 0 aliphatic carbocycles. The molecule has 6 rings (SSSR count). The summed E-state index contributed by atoms with van der Waals surface area (Å²) < 4.78 is 0.